The van der Waals surface area contributed by atoms with E-state index < -0.39 is 16.8 Å². The fraction of sp³-hybridized carbons (Fsp3) is 1.00. The van der Waals surface area contributed by atoms with Crippen molar-refractivity contribution in [3.05, 3.63) is 0 Å². The van der Waals surface area contributed by atoms with Gasteiger partial charge >= 0.3 is 0 Å². The maximum atomic E-state index is 8.52. The fourth-order valence-electron chi connectivity index (χ4n) is 0. The molecule has 22 heavy (non-hydrogen) atoms. The Morgan fingerprint density at radius 2 is 0.364 bits per heavy atom. The van der Waals surface area contributed by atoms with E-state index in [0.29, 0.717) is 0 Å². The Labute approximate surface area is 159 Å². The van der Waals surface area contributed by atoms with Crippen LogP contribution < -0.4 is 0 Å². The third-order valence-electron chi connectivity index (χ3n) is 0. The Morgan fingerprint density at radius 3 is 0.364 bits per heavy atom. The molecule has 0 spiro atoms. The van der Waals surface area contributed by atoms with Gasteiger partial charge in [0.2, 0.25) is 0 Å². The second kappa shape index (κ2) is 26.7. The van der Waals surface area contributed by atoms with Crippen molar-refractivity contribution in [1.29, 1.82) is 0 Å². The van der Waals surface area contributed by atoms with Crippen LogP contribution in [0.5, 0.6) is 0 Å². The molecule has 0 heterocycles. The van der Waals surface area contributed by atoms with Crippen molar-refractivity contribution in [1.82, 2.24) is 0 Å². The molecule has 2 radical (unpaired) electrons. The molecule has 3 N–H and O–H groups in total. The van der Waals surface area contributed by atoms with Gasteiger partial charge in [0.15, 0.2) is 0 Å². The Morgan fingerprint density at radius 1 is 0.364 bits per heavy atom. The van der Waals surface area contributed by atoms with Gasteiger partial charge in [-0.2, -0.15) is 0 Å². The summed E-state index contributed by atoms with van der Waals surface area (Å²) < 4.78 is 0. The molecule has 0 aromatic rings. The van der Waals surface area contributed by atoms with E-state index in [0.717, 1.165) is 0 Å². The van der Waals surface area contributed by atoms with Crippen LogP contribution in [0, 0.1) is 0 Å². The molecule has 0 aromatic heterocycles. The minimum absolute atomic E-state index is 0. The van der Waals surface area contributed by atoms with E-state index in [4.69, 9.17) is 15.3 Å². The Bertz CT molecular complexity index is 104. The first-order chi connectivity index (χ1) is 6.00. The van der Waals surface area contributed by atoms with Gasteiger partial charge in [-0.15, -0.1) is 0 Å². The van der Waals surface area contributed by atoms with E-state index in [1.54, 1.807) is 62.3 Å². The second-order valence-electron chi connectivity index (χ2n) is 6.51. The molecular formula is C12H30O8V2-10. The first-order valence-corrected chi connectivity index (χ1v) is 5.17. The topological polar surface area (TPSA) is 203 Å². The SMILES string of the molecule is CC(C)(C)O.CC(C)(C)O.CC(C)(C)O.[O-2].[O-2].[O-2].[O-2].[O-2].[V].[V]. The van der Waals surface area contributed by atoms with Gasteiger partial charge in [0.25, 0.3) is 0 Å². The number of rotatable bonds is 0. The zero-order valence-electron chi connectivity index (χ0n) is 14.8. The molecule has 0 rings (SSSR count). The third kappa shape index (κ3) is 11400. The largest absolute Gasteiger partial charge is 2.00 e. The van der Waals surface area contributed by atoms with Crippen LogP contribution in [0.3, 0.4) is 0 Å². The van der Waals surface area contributed by atoms with Gasteiger partial charge in [-0.3, -0.25) is 0 Å². The van der Waals surface area contributed by atoms with E-state index in [2.05, 4.69) is 0 Å². The quantitative estimate of drug-likeness (QED) is 0.552. The third-order valence-corrected chi connectivity index (χ3v) is 0. The van der Waals surface area contributed by atoms with Crippen LogP contribution in [-0.2, 0) is 64.5 Å². The zero-order chi connectivity index (χ0) is 13.5. The average molecular weight is 404 g/mol. The van der Waals surface area contributed by atoms with E-state index >= 15 is 0 Å². The molecule has 8 nitrogen and oxygen atoms in total. The molecule has 0 saturated carbocycles. The van der Waals surface area contributed by atoms with Crippen molar-refractivity contribution in [3.63, 3.8) is 0 Å². The first-order valence-electron chi connectivity index (χ1n) is 5.17. The van der Waals surface area contributed by atoms with E-state index in [-0.39, 0.29) is 64.5 Å². The Kier molecular flexibility index (Phi) is 80.3. The van der Waals surface area contributed by atoms with Crippen LogP contribution in [0.4, 0.5) is 0 Å². The maximum Gasteiger partial charge on any atom is 0.0563 e. The van der Waals surface area contributed by atoms with Gasteiger partial charge in [-0.25, -0.2) is 0 Å². The molecule has 0 saturated heterocycles. The summed E-state index contributed by atoms with van der Waals surface area (Å²) in [6.07, 6.45) is 0. The molecule has 10 heteroatoms. The van der Waals surface area contributed by atoms with Gasteiger partial charge in [-0.05, 0) is 62.3 Å². The molecule has 0 fully saturated rings. The summed E-state index contributed by atoms with van der Waals surface area (Å²) in [5.41, 5.74) is -1.50. The summed E-state index contributed by atoms with van der Waals surface area (Å²) in [6, 6.07) is 0. The summed E-state index contributed by atoms with van der Waals surface area (Å²) in [6.45, 7) is 15.7. The molecule has 146 valence electrons. The summed E-state index contributed by atoms with van der Waals surface area (Å²) >= 11 is 0. The van der Waals surface area contributed by atoms with E-state index in [1.165, 1.54) is 0 Å². The van der Waals surface area contributed by atoms with Gasteiger partial charge in [0.1, 0.15) is 0 Å². The van der Waals surface area contributed by atoms with Crippen molar-refractivity contribution in [2.24, 2.45) is 0 Å². The average Bonchev–Trinajstić information content (AvgIpc) is 1.41. The fourth-order valence-corrected chi connectivity index (χ4v) is 0. The van der Waals surface area contributed by atoms with Crippen LogP contribution in [0.15, 0.2) is 0 Å². The first kappa shape index (κ1) is 66.1. The summed E-state index contributed by atoms with van der Waals surface area (Å²) in [5, 5.41) is 25.6. The van der Waals surface area contributed by atoms with Crippen LogP contribution in [-0.4, -0.2) is 32.1 Å². The monoisotopic (exact) mass is 404 g/mol. The van der Waals surface area contributed by atoms with Crippen molar-refractivity contribution in [3.8, 4) is 0 Å². The van der Waals surface area contributed by atoms with Gasteiger partial charge in [-0.1, -0.05) is 0 Å². The normalized spacial score (nSPS) is 8.18. The maximum absolute atomic E-state index is 8.52. The molecule has 0 aliphatic rings. The minimum Gasteiger partial charge on any atom is -2.00 e. The molecular weight excluding hydrogens is 374 g/mol. The summed E-state index contributed by atoms with van der Waals surface area (Å²) in [4.78, 5) is 0. The molecule has 0 amide bonds. The number of hydrogen-bond donors (Lipinski definition) is 3. The molecule has 0 bridgehead atoms. The van der Waals surface area contributed by atoms with Crippen LogP contribution in [0.25, 0.3) is 0 Å². The van der Waals surface area contributed by atoms with Crippen molar-refractivity contribution >= 4 is 0 Å². The molecule has 0 unspecified atom stereocenters. The Hall–Kier alpha value is 0.849. The predicted molar refractivity (Wildman–Crippen MR) is 69.3 cm³/mol. The number of hydrogen-bond acceptors (Lipinski definition) is 3. The van der Waals surface area contributed by atoms with Crippen molar-refractivity contribution in [2.45, 2.75) is 79.1 Å². The summed E-state index contributed by atoms with van der Waals surface area (Å²) in [5.74, 6) is 0. The molecule has 0 aromatic carbocycles. The summed E-state index contributed by atoms with van der Waals surface area (Å²) in [7, 11) is 0. The van der Waals surface area contributed by atoms with Crippen LogP contribution >= 0.6 is 0 Å². The van der Waals surface area contributed by atoms with Crippen molar-refractivity contribution < 1.29 is 79.8 Å². The smallest absolute Gasteiger partial charge is 0.0563 e. The predicted octanol–water partition coefficient (Wildman–Crippen LogP) is 1.73. The van der Waals surface area contributed by atoms with Gasteiger partial charge in [0.05, 0.1) is 16.8 Å². The van der Waals surface area contributed by atoms with Crippen LogP contribution in [0.2, 0.25) is 0 Å². The van der Waals surface area contributed by atoms with E-state index in [9.17, 15) is 0 Å². The Balaban J connectivity index is -0.0000000106. The standard InChI is InChI=1S/3C4H10O.5O.2V/c3*1-4(2,3)5;;;;;;;/h3*5H,1-3H3;;;;;;;/q;;;5*-2;;. The van der Waals surface area contributed by atoms with Gasteiger partial charge in [0, 0.05) is 37.1 Å². The molecule has 0 aliphatic heterocycles. The molecule has 0 aliphatic carbocycles. The van der Waals surface area contributed by atoms with Crippen molar-refractivity contribution in [2.75, 3.05) is 0 Å². The zero-order valence-corrected chi connectivity index (χ0v) is 17.6. The molecule has 0 atom stereocenters. The minimum atomic E-state index is -0.500. The second-order valence-corrected chi connectivity index (χ2v) is 6.51. The van der Waals surface area contributed by atoms with E-state index in [1.807, 2.05) is 0 Å². The number of aliphatic hydroxyl groups is 3. The van der Waals surface area contributed by atoms with Gasteiger partial charge < -0.3 is 42.7 Å². The van der Waals surface area contributed by atoms with Crippen LogP contribution in [0.1, 0.15) is 62.3 Å².